The molecule has 116 valence electrons. The van der Waals surface area contributed by atoms with E-state index in [1.165, 1.54) is 12.0 Å². The van der Waals surface area contributed by atoms with Crippen LogP contribution in [0.15, 0.2) is 34.9 Å². The Balaban J connectivity index is 1.48. The van der Waals surface area contributed by atoms with Gasteiger partial charge in [-0.05, 0) is 31.4 Å². The highest BCUT2D eigenvalue weighted by Crippen LogP contribution is 2.33. The molecule has 0 aliphatic carbocycles. The second-order valence-electron chi connectivity index (χ2n) is 6.17. The van der Waals surface area contributed by atoms with Crippen LogP contribution in [-0.4, -0.2) is 34.8 Å². The standard InChI is InChI=1S/C17H21N3O2/c1-2-5-13(6-3-1)11-20-9-4-7-15(20)17-18-16(19-22-17)14-8-10-21-12-14/h1-3,5-6,14-15H,4,7-12H2/t14-,15+/m0/s1. The van der Waals surface area contributed by atoms with Crippen LogP contribution in [0.2, 0.25) is 0 Å². The quantitative estimate of drug-likeness (QED) is 0.869. The van der Waals surface area contributed by atoms with E-state index < -0.39 is 0 Å². The molecule has 5 heteroatoms. The van der Waals surface area contributed by atoms with Gasteiger partial charge in [0, 0.05) is 19.1 Å². The third kappa shape index (κ3) is 2.78. The minimum absolute atomic E-state index is 0.253. The summed E-state index contributed by atoms with van der Waals surface area (Å²) in [6.45, 7) is 3.55. The smallest absolute Gasteiger partial charge is 0.244 e. The number of aromatic nitrogens is 2. The first kappa shape index (κ1) is 13.9. The van der Waals surface area contributed by atoms with E-state index in [4.69, 9.17) is 9.26 Å². The Morgan fingerprint density at radius 3 is 2.91 bits per heavy atom. The molecule has 0 unspecified atom stereocenters. The van der Waals surface area contributed by atoms with Gasteiger partial charge >= 0.3 is 0 Å². The zero-order chi connectivity index (χ0) is 14.8. The van der Waals surface area contributed by atoms with E-state index in [0.717, 1.165) is 50.9 Å². The van der Waals surface area contributed by atoms with E-state index >= 15 is 0 Å². The summed E-state index contributed by atoms with van der Waals surface area (Å²) in [4.78, 5) is 7.11. The molecule has 0 spiro atoms. The first-order valence-corrected chi connectivity index (χ1v) is 8.09. The van der Waals surface area contributed by atoms with Gasteiger partial charge in [-0.3, -0.25) is 4.90 Å². The lowest BCUT2D eigenvalue weighted by molar-refractivity contribution is 0.192. The molecule has 0 amide bonds. The number of hydrogen-bond acceptors (Lipinski definition) is 5. The average molecular weight is 299 g/mol. The molecule has 2 aliphatic heterocycles. The van der Waals surface area contributed by atoms with E-state index in [1.54, 1.807) is 0 Å². The summed E-state index contributed by atoms with van der Waals surface area (Å²) in [6, 6.07) is 10.8. The number of ether oxygens (including phenoxy) is 1. The molecular weight excluding hydrogens is 278 g/mol. The Labute approximate surface area is 130 Å². The molecule has 1 aromatic heterocycles. The number of nitrogens with zero attached hydrogens (tertiary/aromatic N) is 3. The minimum atomic E-state index is 0.253. The lowest BCUT2D eigenvalue weighted by Crippen LogP contribution is -2.23. The largest absolute Gasteiger partial charge is 0.381 e. The summed E-state index contributed by atoms with van der Waals surface area (Å²) in [7, 11) is 0. The average Bonchev–Trinajstić information content (AvgIpc) is 3.29. The Morgan fingerprint density at radius 2 is 2.09 bits per heavy atom. The highest BCUT2D eigenvalue weighted by atomic mass is 16.5. The molecule has 2 atom stereocenters. The van der Waals surface area contributed by atoms with Gasteiger partial charge in [0.1, 0.15) is 0 Å². The minimum Gasteiger partial charge on any atom is -0.381 e. The van der Waals surface area contributed by atoms with Gasteiger partial charge in [0.15, 0.2) is 5.82 Å². The number of benzene rings is 1. The van der Waals surface area contributed by atoms with Crippen LogP contribution in [-0.2, 0) is 11.3 Å². The van der Waals surface area contributed by atoms with Crippen molar-refractivity contribution in [1.29, 1.82) is 0 Å². The monoisotopic (exact) mass is 299 g/mol. The number of hydrogen-bond donors (Lipinski definition) is 0. The van der Waals surface area contributed by atoms with Crippen LogP contribution in [0.4, 0.5) is 0 Å². The van der Waals surface area contributed by atoms with Crippen molar-refractivity contribution in [3.05, 3.63) is 47.6 Å². The summed E-state index contributed by atoms with van der Waals surface area (Å²) in [5.74, 6) is 1.90. The van der Waals surface area contributed by atoms with Crippen molar-refractivity contribution in [2.24, 2.45) is 0 Å². The van der Waals surface area contributed by atoms with Crippen LogP contribution in [0, 0.1) is 0 Å². The number of rotatable bonds is 4. The van der Waals surface area contributed by atoms with E-state index in [0.29, 0.717) is 5.92 Å². The van der Waals surface area contributed by atoms with Gasteiger partial charge < -0.3 is 9.26 Å². The fourth-order valence-electron chi connectivity index (χ4n) is 3.40. The van der Waals surface area contributed by atoms with Crippen molar-refractivity contribution >= 4 is 0 Å². The van der Waals surface area contributed by atoms with Crippen molar-refractivity contribution in [3.63, 3.8) is 0 Å². The van der Waals surface area contributed by atoms with Crippen molar-refractivity contribution in [2.75, 3.05) is 19.8 Å². The van der Waals surface area contributed by atoms with Crippen LogP contribution in [0.3, 0.4) is 0 Å². The predicted octanol–water partition coefficient (Wildman–Crippen LogP) is 2.91. The SMILES string of the molecule is c1ccc(CN2CCC[C@@H]2c2nc([C@H]3CCOC3)no2)cc1. The van der Waals surface area contributed by atoms with Crippen molar-refractivity contribution in [3.8, 4) is 0 Å². The van der Waals surface area contributed by atoms with Gasteiger partial charge in [-0.1, -0.05) is 35.5 Å². The van der Waals surface area contributed by atoms with Gasteiger partial charge in [-0.25, -0.2) is 0 Å². The lowest BCUT2D eigenvalue weighted by Gasteiger charge is -2.21. The third-order valence-corrected chi connectivity index (χ3v) is 4.63. The molecule has 3 heterocycles. The zero-order valence-electron chi connectivity index (χ0n) is 12.6. The van der Waals surface area contributed by atoms with E-state index in [2.05, 4.69) is 45.4 Å². The van der Waals surface area contributed by atoms with Crippen molar-refractivity contribution < 1.29 is 9.26 Å². The van der Waals surface area contributed by atoms with Crippen LogP contribution in [0.1, 0.15) is 48.5 Å². The fraction of sp³-hybridized carbons (Fsp3) is 0.529. The summed E-state index contributed by atoms with van der Waals surface area (Å²) in [5.41, 5.74) is 1.33. The maximum absolute atomic E-state index is 5.57. The second-order valence-corrected chi connectivity index (χ2v) is 6.17. The molecule has 0 radical (unpaired) electrons. The summed E-state index contributed by atoms with van der Waals surface area (Å²) >= 11 is 0. The maximum atomic E-state index is 5.57. The van der Waals surface area contributed by atoms with Crippen LogP contribution >= 0.6 is 0 Å². The molecule has 22 heavy (non-hydrogen) atoms. The van der Waals surface area contributed by atoms with Crippen LogP contribution in [0.5, 0.6) is 0 Å². The summed E-state index contributed by atoms with van der Waals surface area (Å²) < 4.78 is 11.0. The van der Waals surface area contributed by atoms with E-state index in [1.807, 2.05) is 0 Å². The molecule has 1 aromatic carbocycles. The first-order valence-electron chi connectivity index (χ1n) is 8.09. The Hall–Kier alpha value is -1.72. The second kappa shape index (κ2) is 6.18. The molecular formula is C17H21N3O2. The lowest BCUT2D eigenvalue weighted by atomic mass is 10.1. The summed E-state index contributed by atoms with van der Waals surface area (Å²) in [6.07, 6.45) is 3.27. The highest BCUT2D eigenvalue weighted by Gasteiger charge is 2.32. The van der Waals surface area contributed by atoms with Crippen LogP contribution < -0.4 is 0 Å². The highest BCUT2D eigenvalue weighted by molar-refractivity contribution is 5.15. The molecule has 5 nitrogen and oxygen atoms in total. The predicted molar refractivity (Wildman–Crippen MR) is 81.3 cm³/mol. The van der Waals surface area contributed by atoms with Gasteiger partial charge in [-0.2, -0.15) is 4.98 Å². The third-order valence-electron chi connectivity index (χ3n) is 4.63. The molecule has 4 rings (SSSR count). The van der Waals surface area contributed by atoms with E-state index in [-0.39, 0.29) is 6.04 Å². The van der Waals surface area contributed by atoms with E-state index in [9.17, 15) is 0 Å². The molecule has 2 saturated heterocycles. The molecule has 2 aromatic rings. The van der Waals surface area contributed by atoms with Gasteiger partial charge in [-0.15, -0.1) is 0 Å². The topological polar surface area (TPSA) is 51.4 Å². The van der Waals surface area contributed by atoms with Gasteiger partial charge in [0.05, 0.1) is 12.6 Å². The fourth-order valence-corrected chi connectivity index (χ4v) is 3.40. The first-order chi connectivity index (χ1) is 10.9. The Kier molecular flexibility index (Phi) is 3.91. The van der Waals surface area contributed by atoms with Gasteiger partial charge in [0.2, 0.25) is 5.89 Å². The van der Waals surface area contributed by atoms with Crippen molar-refractivity contribution in [2.45, 2.75) is 37.8 Å². The maximum Gasteiger partial charge on any atom is 0.244 e. The number of likely N-dealkylation sites (tertiary alicyclic amines) is 1. The molecule has 2 aliphatic rings. The zero-order valence-corrected chi connectivity index (χ0v) is 12.6. The summed E-state index contributed by atoms with van der Waals surface area (Å²) in [5, 5.41) is 4.19. The van der Waals surface area contributed by atoms with Crippen molar-refractivity contribution in [1.82, 2.24) is 15.0 Å². The Bertz CT molecular complexity index is 607. The normalized spacial score (nSPS) is 25.8. The molecule has 0 saturated carbocycles. The van der Waals surface area contributed by atoms with Crippen LogP contribution in [0.25, 0.3) is 0 Å². The Morgan fingerprint density at radius 1 is 1.18 bits per heavy atom. The molecule has 2 fully saturated rings. The van der Waals surface area contributed by atoms with Gasteiger partial charge in [0.25, 0.3) is 0 Å². The molecule has 0 N–H and O–H groups in total. The molecule has 0 bridgehead atoms.